The number of thiazole rings is 1. The number of rotatable bonds is 8. The van der Waals surface area contributed by atoms with Crippen molar-refractivity contribution >= 4 is 44.4 Å². The first-order chi connectivity index (χ1) is 13.8. The zero-order chi connectivity index (χ0) is 21.0. The number of carbonyl (C=O) groups is 1. The van der Waals surface area contributed by atoms with Crippen molar-refractivity contribution in [1.82, 2.24) is 9.88 Å². The van der Waals surface area contributed by atoms with E-state index in [0.29, 0.717) is 35.1 Å². The van der Waals surface area contributed by atoms with Crippen LogP contribution in [-0.2, 0) is 4.79 Å². The molecule has 154 valence electrons. The van der Waals surface area contributed by atoms with Crippen LogP contribution in [0.15, 0.2) is 41.3 Å². The van der Waals surface area contributed by atoms with Gasteiger partial charge in [-0.25, -0.2) is 13.8 Å². The number of halogens is 2. The number of amides is 1. The zero-order valence-corrected chi connectivity index (χ0v) is 18.2. The summed E-state index contributed by atoms with van der Waals surface area (Å²) >= 11 is 2.75. The summed E-state index contributed by atoms with van der Waals surface area (Å²) in [6.07, 6.45) is 0.332. The lowest BCUT2D eigenvalue weighted by molar-refractivity contribution is -0.118. The van der Waals surface area contributed by atoms with Crippen LogP contribution in [0.2, 0.25) is 0 Å². The molecule has 4 nitrogen and oxygen atoms in total. The van der Waals surface area contributed by atoms with E-state index in [-0.39, 0.29) is 11.4 Å². The summed E-state index contributed by atoms with van der Waals surface area (Å²) in [6, 6.07) is 10.2. The molecule has 3 aromatic rings. The highest BCUT2D eigenvalue weighted by Crippen LogP contribution is 2.31. The molecule has 29 heavy (non-hydrogen) atoms. The van der Waals surface area contributed by atoms with Crippen LogP contribution >= 0.6 is 23.1 Å². The third kappa shape index (κ3) is 5.74. The van der Waals surface area contributed by atoms with E-state index in [4.69, 9.17) is 0 Å². The van der Waals surface area contributed by atoms with Crippen molar-refractivity contribution < 1.29 is 13.6 Å². The summed E-state index contributed by atoms with van der Waals surface area (Å²) in [5.74, 6) is -0.802. The maximum absolute atomic E-state index is 14.0. The summed E-state index contributed by atoms with van der Waals surface area (Å²) in [7, 11) is 3.84. The highest BCUT2D eigenvalue weighted by atomic mass is 32.2. The van der Waals surface area contributed by atoms with Gasteiger partial charge in [0.15, 0.2) is 10.9 Å². The summed E-state index contributed by atoms with van der Waals surface area (Å²) < 4.78 is 28.0. The minimum atomic E-state index is -0.711. The first kappa shape index (κ1) is 21.7. The van der Waals surface area contributed by atoms with Crippen LogP contribution in [0.4, 0.5) is 13.9 Å². The standard InChI is InChI=1S/C21H23F2N3OS2/c1-14-4-6-16(7-5-14)28-11-8-19(27)26(10-9-25(2)3)21-24-20-17(23)12-15(22)13-18(20)29-21/h4-7,12-13H,8-11H2,1-3H3. The van der Waals surface area contributed by atoms with Gasteiger partial charge in [0.1, 0.15) is 11.3 Å². The molecule has 0 N–H and O–H groups in total. The Morgan fingerprint density at radius 3 is 2.55 bits per heavy atom. The Kier molecular flexibility index (Phi) is 7.21. The van der Waals surface area contributed by atoms with Crippen molar-refractivity contribution in [2.75, 3.05) is 37.8 Å². The Hall–Kier alpha value is -2.03. The van der Waals surface area contributed by atoms with Crippen LogP contribution in [-0.4, -0.2) is 48.7 Å². The van der Waals surface area contributed by atoms with Gasteiger partial charge in [-0.3, -0.25) is 9.69 Å². The SMILES string of the molecule is Cc1ccc(SCCC(=O)N(CCN(C)C)c2nc3c(F)cc(F)cc3s2)cc1. The number of aryl methyl sites for hydroxylation is 1. The summed E-state index contributed by atoms with van der Waals surface area (Å²) in [4.78, 5) is 21.9. The van der Waals surface area contributed by atoms with Gasteiger partial charge in [0.2, 0.25) is 5.91 Å². The molecule has 0 aliphatic rings. The number of carbonyl (C=O) groups excluding carboxylic acids is 1. The van der Waals surface area contributed by atoms with E-state index in [9.17, 15) is 13.6 Å². The Bertz CT molecular complexity index is 990. The van der Waals surface area contributed by atoms with E-state index >= 15 is 0 Å². The maximum atomic E-state index is 14.0. The first-order valence-electron chi connectivity index (χ1n) is 9.23. The molecule has 1 heterocycles. The van der Waals surface area contributed by atoms with Crippen molar-refractivity contribution in [2.24, 2.45) is 0 Å². The Labute approximate surface area is 177 Å². The average molecular weight is 436 g/mol. The number of fused-ring (bicyclic) bond motifs is 1. The van der Waals surface area contributed by atoms with Gasteiger partial charge in [0.25, 0.3) is 0 Å². The molecular weight excluding hydrogens is 412 g/mol. The third-order valence-electron chi connectivity index (χ3n) is 4.31. The quantitative estimate of drug-likeness (QED) is 0.469. The number of benzene rings is 2. The first-order valence-corrected chi connectivity index (χ1v) is 11.0. The summed E-state index contributed by atoms with van der Waals surface area (Å²) in [6.45, 7) is 3.11. The Morgan fingerprint density at radius 2 is 1.86 bits per heavy atom. The highest BCUT2D eigenvalue weighted by molar-refractivity contribution is 7.99. The number of likely N-dealkylation sites (N-methyl/N-ethyl adjacent to an activating group) is 1. The van der Waals surface area contributed by atoms with Crippen molar-refractivity contribution in [1.29, 1.82) is 0 Å². The number of thioether (sulfide) groups is 1. The number of nitrogens with zero attached hydrogens (tertiary/aromatic N) is 3. The predicted octanol–water partition coefficient (Wildman–Crippen LogP) is 4.96. The number of aromatic nitrogens is 1. The Morgan fingerprint density at radius 1 is 1.14 bits per heavy atom. The topological polar surface area (TPSA) is 36.4 Å². The highest BCUT2D eigenvalue weighted by Gasteiger charge is 2.21. The monoisotopic (exact) mass is 435 g/mol. The zero-order valence-electron chi connectivity index (χ0n) is 16.6. The largest absolute Gasteiger partial charge is 0.308 e. The van der Waals surface area contributed by atoms with E-state index in [2.05, 4.69) is 4.98 Å². The number of anilines is 1. The fraction of sp³-hybridized carbons (Fsp3) is 0.333. The van der Waals surface area contributed by atoms with Gasteiger partial charge in [-0.05, 0) is 39.2 Å². The van der Waals surface area contributed by atoms with Gasteiger partial charge in [-0.2, -0.15) is 0 Å². The van der Waals surface area contributed by atoms with Crippen LogP contribution in [0, 0.1) is 18.6 Å². The molecule has 0 aliphatic heterocycles. The second-order valence-electron chi connectivity index (χ2n) is 6.99. The summed E-state index contributed by atoms with van der Waals surface area (Å²) in [5.41, 5.74) is 1.29. The predicted molar refractivity (Wildman–Crippen MR) is 117 cm³/mol. The summed E-state index contributed by atoms with van der Waals surface area (Å²) in [5, 5.41) is 0.400. The van der Waals surface area contributed by atoms with Crippen molar-refractivity contribution in [2.45, 2.75) is 18.2 Å². The minimum absolute atomic E-state index is 0.0774. The molecule has 0 spiro atoms. The molecule has 0 bridgehead atoms. The lowest BCUT2D eigenvalue weighted by Crippen LogP contribution is -2.36. The second-order valence-corrected chi connectivity index (χ2v) is 9.17. The van der Waals surface area contributed by atoms with Crippen molar-refractivity contribution in [3.63, 3.8) is 0 Å². The van der Waals surface area contributed by atoms with Crippen LogP contribution < -0.4 is 4.90 Å². The van der Waals surface area contributed by atoms with E-state index in [1.165, 1.54) is 11.6 Å². The number of hydrogen-bond acceptors (Lipinski definition) is 5. The minimum Gasteiger partial charge on any atom is -0.308 e. The molecule has 0 atom stereocenters. The molecule has 0 unspecified atom stereocenters. The lowest BCUT2D eigenvalue weighted by atomic mass is 10.2. The third-order valence-corrected chi connectivity index (χ3v) is 6.35. The molecule has 0 saturated carbocycles. The van der Waals surface area contributed by atoms with Crippen LogP contribution in [0.3, 0.4) is 0 Å². The Balaban J connectivity index is 1.74. The molecule has 0 aliphatic carbocycles. The molecule has 8 heteroatoms. The smallest absolute Gasteiger partial charge is 0.229 e. The van der Waals surface area contributed by atoms with Gasteiger partial charge in [-0.1, -0.05) is 29.0 Å². The normalized spacial score (nSPS) is 11.4. The van der Waals surface area contributed by atoms with Gasteiger partial charge in [0.05, 0.1) is 4.70 Å². The molecule has 0 fully saturated rings. The molecule has 0 radical (unpaired) electrons. The molecule has 2 aromatic carbocycles. The maximum Gasteiger partial charge on any atom is 0.229 e. The lowest BCUT2D eigenvalue weighted by Gasteiger charge is -2.22. The molecule has 0 saturated heterocycles. The van der Waals surface area contributed by atoms with Crippen molar-refractivity contribution in [3.8, 4) is 0 Å². The van der Waals surface area contributed by atoms with E-state index in [0.717, 1.165) is 22.3 Å². The second kappa shape index (κ2) is 9.65. The average Bonchev–Trinajstić information content (AvgIpc) is 3.07. The van der Waals surface area contributed by atoms with Gasteiger partial charge in [-0.15, -0.1) is 11.8 Å². The van der Waals surface area contributed by atoms with E-state index in [1.54, 1.807) is 16.7 Å². The van der Waals surface area contributed by atoms with Gasteiger partial charge in [0, 0.05) is 36.2 Å². The fourth-order valence-electron chi connectivity index (χ4n) is 2.71. The molecule has 3 rings (SSSR count). The van der Waals surface area contributed by atoms with E-state index in [1.807, 2.05) is 50.2 Å². The van der Waals surface area contributed by atoms with Gasteiger partial charge >= 0.3 is 0 Å². The molecule has 1 aromatic heterocycles. The fourth-order valence-corrected chi connectivity index (χ4v) is 4.60. The van der Waals surface area contributed by atoms with Crippen molar-refractivity contribution in [3.05, 3.63) is 53.6 Å². The van der Waals surface area contributed by atoms with Crippen LogP contribution in [0.1, 0.15) is 12.0 Å². The van der Waals surface area contributed by atoms with Crippen LogP contribution in [0.25, 0.3) is 10.2 Å². The van der Waals surface area contributed by atoms with E-state index < -0.39 is 11.6 Å². The number of hydrogen-bond donors (Lipinski definition) is 0. The molecular formula is C21H23F2N3OS2. The van der Waals surface area contributed by atoms with Gasteiger partial charge < -0.3 is 4.90 Å². The van der Waals surface area contributed by atoms with Crippen LogP contribution in [0.5, 0.6) is 0 Å². The molecule has 1 amide bonds.